The maximum Gasteiger partial charge on any atom is 0.240 e. The third-order valence-electron chi connectivity index (χ3n) is 9.43. The van der Waals surface area contributed by atoms with Gasteiger partial charge in [-0.2, -0.15) is 9.97 Å². The average Bonchev–Trinajstić information content (AvgIpc) is 3.58. The largest absolute Gasteiger partial charge is 0.260 e. The zero-order chi connectivity index (χ0) is 32.3. The fraction of sp³-hybridized carbons (Fsp3) is 0. The molecule has 0 N–H and O–H groups in total. The Kier molecular flexibility index (Phi) is 6.11. The highest BCUT2D eigenvalue weighted by Crippen LogP contribution is 2.37. The van der Waals surface area contributed by atoms with Gasteiger partial charge in [-0.25, -0.2) is 9.97 Å². The van der Waals surface area contributed by atoms with Crippen molar-refractivity contribution in [2.75, 3.05) is 0 Å². The molecule has 2 aromatic heterocycles. The molecule has 0 unspecified atom stereocenters. The van der Waals surface area contributed by atoms with Crippen LogP contribution in [-0.2, 0) is 0 Å². The van der Waals surface area contributed by atoms with Gasteiger partial charge in [0.05, 0.1) is 11.0 Å². The Bertz CT molecular complexity index is 2860. The fourth-order valence-corrected chi connectivity index (χ4v) is 7.11. The third-order valence-corrected chi connectivity index (χ3v) is 9.43. The van der Waals surface area contributed by atoms with E-state index in [0.717, 1.165) is 38.9 Å². The summed E-state index contributed by atoms with van der Waals surface area (Å²) in [6.45, 7) is 0. The third kappa shape index (κ3) is 4.48. The van der Waals surface area contributed by atoms with Crippen molar-refractivity contribution in [2.24, 2.45) is 0 Å². The summed E-state index contributed by atoms with van der Waals surface area (Å²) < 4.78 is 2.06. The van der Waals surface area contributed by atoms with Crippen LogP contribution >= 0.6 is 0 Å². The van der Waals surface area contributed by atoms with E-state index in [2.05, 4.69) is 132 Å². The van der Waals surface area contributed by atoms with Crippen molar-refractivity contribution in [3.05, 3.63) is 164 Å². The summed E-state index contributed by atoms with van der Waals surface area (Å²) in [6.07, 6.45) is 0. The van der Waals surface area contributed by atoms with E-state index in [1.165, 1.54) is 37.7 Å². The normalized spacial score (nSPS) is 11.7. The molecular formula is C44H27N5. The van der Waals surface area contributed by atoms with Crippen molar-refractivity contribution in [1.29, 1.82) is 0 Å². The molecule has 0 fully saturated rings. The molecule has 0 aliphatic carbocycles. The van der Waals surface area contributed by atoms with Crippen molar-refractivity contribution < 1.29 is 0 Å². The molecule has 49 heavy (non-hydrogen) atoms. The Morgan fingerprint density at radius 3 is 1.63 bits per heavy atom. The van der Waals surface area contributed by atoms with Crippen LogP contribution < -0.4 is 0 Å². The molecule has 8 aromatic carbocycles. The number of para-hydroxylation sites is 2. The molecule has 0 aliphatic rings. The Balaban J connectivity index is 1.27. The second kappa shape index (κ2) is 10.9. The average molecular weight is 626 g/mol. The predicted octanol–water partition coefficient (Wildman–Crippen LogP) is 10.8. The highest BCUT2D eigenvalue weighted by molar-refractivity contribution is 6.25. The van der Waals surface area contributed by atoms with Gasteiger partial charge in [0, 0.05) is 16.7 Å². The van der Waals surface area contributed by atoms with Gasteiger partial charge in [-0.1, -0.05) is 140 Å². The van der Waals surface area contributed by atoms with Crippen LogP contribution in [0.25, 0.3) is 94.2 Å². The number of benzene rings is 8. The zero-order valence-corrected chi connectivity index (χ0v) is 26.3. The molecule has 0 saturated carbocycles. The van der Waals surface area contributed by atoms with Crippen molar-refractivity contribution in [3.8, 4) is 40.1 Å². The highest BCUT2D eigenvalue weighted by atomic mass is 15.2. The first kappa shape index (κ1) is 27.4. The Hall–Kier alpha value is -6.72. The van der Waals surface area contributed by atoms with Gasteiger partial charge >= 0.3 is 0 Å². The van der Waals surface area contributed by atoms with Crippen molar-refractivity contribution in [1.82, 2.24) is 24.5 Å². The number of nitrogens with zero attached hydrogens (tertiary/aromatic N) is 5. The number of aromatic nitrogens is 5. The van der Waals surface area contributed by atoms with E-state index in [9.17, 15) is 0 Å². The Labute approximate surface area is 281 Å². The van der Waals surface area contributed by atoms with Crippen LogP contribution in [0.1, 0.15) is 0 Å². The van der Waals surface area contributed by atoms with Gasteiger partial charge in [0.15, 0.2) is 11.6 Å². The zero-order valence-electron chi connectivity index (χ0n) is 26.3. The molecule has 0 bridgehead atoms. The SMILES string of the molecule is c1ccc(-c2nc3ccccc3n2-c2nc(-c3ccc4ccccc4c3)nc(-c3ccc4c5ccccc5c5ccccc5c4c3)n2)cc1. The quantitative estimate of drug-likeness (QED) is 0.183. The highest BCUT2D eigenvalue weighted by Gasteiger charge is 2.20. The maximum absolute atomic E-state index is 5.22. The molecule has 0 amide bonds. The van der Waals surface area contributed by atoms with Crippen LogP contribution in [0.15, 0.2) is 164 Å². The lowest BCUT2D eigenvalue weighted by Gasteiger charge is -2.14. The van der Waals surface area contributed by atoms with E-state index < -0.39 is 0 Å². The number of fused-ring (bicyclic) bond motifs is 8. The Morgan fingerprint density at radius 1 is 0.347 bits per heavy atom. The van der Waals surface area contributed by atoms with Gasteiger partial charge in [-0.05, 0) is 67.4 Å². The maximum atomic E-state index is 5.22. The van der Waals surface area contributed by atoms with E-state index in [1.807, 2.05) is 36.4 Å². The minimum Gasteiger partial charge on any atom is -0.260 e. The van der Waals surface area contributed by atoms with Crippen LogP contribution in [-0.4, -0.2) is 24.5 Å². The Morgan fingerprint density at radius 2 is 0.898 bits per heavy atom. The molecule has 0 atom stereocenters. The standard InChI is InChI=1S/C44H27N5/c1-2-13-29(14-3-1)43-45-39-20-10-11-21-40(39)49(43)44-47-41(31-23-22-28-12-4-5-15-30(28)26-31)46-42(48-44)32-24-25-37-35-18-7-6-16-33(35)34-17-8-9-19-36(34)38(37)27-32/h1-27H. The summed E-state index contributed by atoms with van der Waals surface area (Å²) in [5.74, 6) is 2.50. The summed E-state index contributed by atoms with van der Waals surface area (Å²) in [5, 5.41) is 9.58. The lowest BCUT2D eigenvalue weighted by molar-refractivity contribution is 0.930. The monoisotopic (exact) mass is 625 g/mol. The second-order valence-corrected chi connectivity index (χ2v) is 12.3. The van der Waals surface area contributed by atoms with Crippen molar-refractivity contribution in [2.45, 2.75) is 0 Å². The minimum absolute atomic E-state index is 0.518. The summed E-state index contributed by atoms with van der Waals surface area (Å²) in [6, 6.07) is 56.9. The summed E-state index contributed by atoms with van der Waals surface area (Å²) in [5.41, 5.74) is 4.63. The van der Waals surface area contributed by atoms with Crippen LogP contribution in [0, 0.1) is 0 Å². The summed E-state index contributed by atoms with van der Waals surface area (Å²) in [4.78, 5) is 20.6. The first-order valence-electron chi connectivity index (χ1n) is 16.4. The lowest BCUT2D eigenvalue weighted by atomic mass is 9.93. The van der Waals surface area contributed by atoms with Gasteiger partial charge in [0.2, 0.25) is 5.95 Å². The smallest absolute Gasteiger partial charge is 0.240 e. The van der Waals surface area contributed by atoms with E-state index in [-0.39, 0.29) is 0 Å². The van der Waals surface area contributed by atoms with Gasteiger partial charge in [-0.3, -0.25) is 4.57 Å². The summed E-state index contributed by atoms with van der Waals surface area (Å²) >= 11 is 0. The molecule has 2 heterocycles. The number of rotatable bonds is 4. The molecule has 0 spiro atoms. The molecule has 0 aliphatic heterocycles. The van der Waals surface area contributed by atoms with Crippen LogP contribution in [0.5, 0.6) is 0 Å². The van der Waals surface area contributed by atoms with E-state index in [4.69, 9.17) is 19.9 Å². The van der Waals surface area contributed by atoms with Crippen LogP contribution in [0.4, 0.5) is 0 Å². The first-order valence-corrected chi connectivity index (χ1v) is 16.4. The lowest BCUT2D eigenvalue weighted by Crippen LogP contribution is -2.08. The van der Waals surface area contributed by atoms with Crippen molar-refractivity contribution in [3.63, 3.8) is 0 Å². The number of hydrogen-bond donors (Lipinski definition) is 0. The summed E-state index contributed by atoms with van der Waals surface area (Å²) in [7, 11) is 0. The molecule has 10 aromatic rings. The minimum atomic E-state index is 0.518. The van der Waals surface area contributed by atoms with Crippen LogP contribution in [0.2, 0.25) is 0 Å². The molecular weight excluding hydrogens is 599 g/mol. The first-order chi connectivity index (χ1) is 24.3. The molecule has 10 rings (SSSR count). The van der Waals surface area contributed by atoms with Gasteiger partial charge in [0.25, 0.3) is 0 Å². The predicted molar refractivity (Wildman–Crippen MR) is 201 cm³/mol. The molecule has 0 radical (unpaired) electrons. The number of imidazole rings is 1. The van der Waals surface area contributed by atoms with Crippen LogP contribution in [0.3, 0.4) is 0 Å². The van der Waals surface area contributed by atoms with Crippen molar-refractivity contribution >= 4 is 54.1 Å². The molecule has 228 valence electrons. The topological polar surface area (TPSA) is 56.5 Å². The molecule has 5 heteroatoms. The molecule has 5 nitrogen and oxygen atoms in total. The van der Waals surface area contributed by atoms with E-state index in [1.54, 1.807) is 0 Å². The van der Waals surface area contributed by atoms with E-state index in [0.29, 0.717) is 17.6 Å². The molecule has 0 saturated heterocycles. The number of hydrogen-bond acceptors (Lipinski definition) is 4. The fourth-order valence-electron chi connectivity index (χ4n) is 7.11. The van der Waals surface area contributed by atoms with Gasteiger partial charge in [0.1, 0.15) is 5.82 Å². The van der Waals surface area contributed by atoms with Gasteiger partial charge in [-0.15, -0.1) is 0 Å². The second-order valence-electron chi connectivity index (χ2n) is 12.3. The van der Waals surface area contributed by atoms with Gasteiger partial charge < -0.3 is 0 Å². The van der Waals surface area contributed by atoms with E-state index >= 15 is 0 Å².